The van der Waals surface area contributed by atoms with Gasteiger partial charge in [-0.2, -0.15) is 0 Å². The molecular weight excluding hydrogens is 362 g/mol. The third-order valence-corrected chi connectivity index (χ3v) is 4.69. The van der Waals surface area contributed by atoms with Crippen LogP contribution in [-0.4, -0.2) is 59.2 Å². The molecule has 0 amide bonds. The number of guanidine groups is 1. The van der Waals surface area contributed by atoms with Crippen molar-refractivity contribution in [3.8, 4) is 0 Å². The van der Waals surface area contributed by atoms with Crippen LogP contribution in [0.1, 0.15) is 13.3 Å². The molecule has 0 saturated carbocycles. The minimum Gasteiger partial charge on any atom is -0.382 e. The summed E-state index contributed by atoms with van der Waals surface area (Å²) >= 11 is 0. The third kappa shape index (κ3) is 7.76. The molecule has 1 rings (SSSR count). The molecule has 0 fully saturated rings. The lowest BCUT2D eigenvalue weighted by molar-refractivity contribution is -0.385. The fourth-order valence-electron chi connectivity index (χ4n) is 1.96. The highest BCUT2D eigenvalue weighted by molar-refractivity contribution is 7.89. The highest BCUT2D eigenvalue weighted by Crippen LogP contribution is 2.16. The molecule has 0 bridgehead atoms. The lowest BCUT2D eigenvalue weighted by atomic mass is 10.3. The van der Waals surface area contributed by atoms with Crippen molar-refractivity contribution >= 4 is 21.7 Å². The van der Waals surface area contributed by atoms with Gasteiger partial charge in [-0.1, -0.05) is 6.07 Å². The molecule has 0 spiro atoms. The smallest absolute Gasteiger partial charge is 0.270 e. The van der Waals surface area contributed by atoms with Crippen LogP contribution in [0.3, 0.4) is 0 Å². The fourth-order valence-corrected chi connectivity index (χ4v) is 3.03. The van der Waals surface area contributed by atoms with Gasteiger partial charge in [0.15, 0.2) is 5.96 Å². The Labute approximate surface area is 153 Å². The van der Waals surface area contributed by atoms with E-state index in [1.165, 1.54) is 18.2 Å². The molecular formula is C15H25N5O5S. The first kappa shape index (κ1) is 21.8. The lowest BCUT2D eigenvalue weighted by Gasteiger charge is -2.12. The maximum absolute atomic E-state index is 12.2. The molecule has 0 aliphatic rings. The second-order valence-electron chi connectivity index (χ2n) is 5.13. The first-order valence-corrected chi connectivity index (χ1v) is 9.65. The molecule has 3 N–H and O–H groups in total. The predicted octanol–water partition coefficient (Wildman–Crippen LogP) is 0.465. The predicted molar refractivity (Wildman–Crippen MR) is 98.8 cm³/mol. The molecule has 26 heavy (non-hydrogen) atoms. The van der Waals surface area contributed by atoms with E-state index in [4.69, 9.17) is 4.74 Å². The van der Waals surface area contributed by atoms with Gasteiger partial charge in [-0.3, -0.25) is 15.1 Å². The van der Waals surface area contributed by atoms with Crippen molar-refractivity contribution in [3.05, 3.63) is 34.4 Å². The number of rotatable bonds is 11. The van der Waals surface area contributed by atoms with Gasteiger partial charge in [0.1, 0.15) is 0 Å². The van der Waals surface area contributed by atoms with Crippen molar-refractivity contribution in [2.75, 3.05) is 39.9 Å². The van der Waals surface area contributed by atoms with Crippen LogP contribution in [0.2, 0.25) is 0 Å². The largest absolute Gasteiger partial charge is 0.382 e. The highest BCUT2D eigenvalue weighted by Gasteiger charge is 2.16. The first-order valence-electron chi connectivity index (χ1n) is 8.17. The van der Waals surface area contributed by atoms with E-state index >= 15 is 0 Å². The molecule has 146 valence electrons. The maximum Gasteiger partial charge on any atom is 0.270 e. The summed E-state index contributed by atoms with van der Waals surface area (Å²) in [4.78, 5) is 14.0. The zero-order valence-corrected chi connectivity index (χ0v) is 15.7. The number of nitro benzene ring substituents is 1. The van der Waals surface area contributed by atoms with Crippen LogP contribution >= 0.6 is 0 Å². The molecule has 10 nitrogen and oxygen atoms in total. The molecule has 1 aromatic carbocycles. The van der Waals surface area contributed by atoms with Gasteiger partial charge in [0.2, 0.25) is 10.0 Å². The first-order chi connectivity index (χ1) is 12.4. The summed E-state index contributed by atoms with van der Waals surface area (Å²) in [6, 6.07) is 4.90. The summed E-state index contributed by atoms with van der Waals surface area (Å²) in [6.45, 7) is 4.35. The van der Waals surface area contributed by atoms with Gasteiger partial charge in [-0.05, 0) is 19.4 Å². The highest BCUT2D eigenvalue weighted by atomic mass is 32.2. The molecule has 0 unspecified atom stereocenters. The van der Waals surface area contributed by atoms with Crippen LogP contribution in [0, 0.1) is 10.1 Å². The number of ether oxygens (including phenoxy) is 1. The van der Waals surface area contributed by atoms with Gasteiger partial charge in [0.25, 0.3) is 5.69 Å². The number of non-ortho nitro benzene ring substituents is 1. The number of hydrogen-bond acceptors (Lipinski definition) is 6. The number of nitrogens with zero attached hydrogens (tertiary/aromatic N) is 2. The van der Waals surface area contributed by atoms with E-state index in [2.05, 4.69) is 20.3 Å². The molecule has 11 heteroatoms. The number of sulfonamides is 1. The van der Waals surface area contributed by atoms with Gasteiger partial charge in [-0.25, -0.2) is 13.1 Å². The molecule has 0 heterocycles. The van der Waals surface area contributed by atoms with Gasteiger partial charge in [0, 0.05) is 52.0 Å². The van der Waals surface area contributed by atoms with E-state index in [1.807, 2.05) is 6.92 Å². The van der Waals surface area contributed by atoms with Crippen LogP contribution < -0.4 is 15.4 Å². The zero-order chi connectivity index (χ0) is 19.4. The average Bonchev–Trinajstić information content (AvgIpc) is 2.63. The summed E-state index contributed by atoms with van der Waals surface area (Å²) in [5.74, 6) is 0.552. The van der Waals surface area contributed by atoms with Gasteiger partial charge >= 0.3 is 0 Å². The number of nitro groups is 1. The Morgan fingerprint density at radius 3 is 2.65 bits per heavy atom. The number of hydrogen-bond donors (Lipinski definition) is 3. The van der Waals surface area contributed by atoms with E-state index in [0.29, 0.717) is 32.3 Å². The van der Waals surface area contributed by atoms with Crippen LogP contribution in [0.15, 0.2) is 34.2 Å². The van der Waals surface area contributed by atoms with Gasteiger partial charge < -0.3 is 15.4 Å². The summed E-state index contributed by atoms with van der Waals surface area (Å²) < 4.78 is 32.0. The molecule has 0 atom stereocenters. The molecule has 0 aliphatic heterocycles. The zero-order valence-electron chi connectivity index (χ0n) is 14.9. The van der Waals surface area contributed by atoms with Gasteiger partial charge in [-0.15, -0.1) is 0 Å². The topological polar surface area (TPSA) is 135 Å². The van der Waals surface area contributed by atoms with Crippen molar-refractivity contribution in [2.24, 2.45) is 4.99 Å². The van der Waals surface area contributed by atoms with Crippen molar-refractivity contribution in [1.29, 1.82) is 0 Å². The normalized spacial score (nSPS) is 12.0. The van der Waals surface area contributed by atoms with Crippen molar-refractivity contribution in [1.82, 2.24) is 15.4 Å². The van der Waals surface area contributed by atoms with Crippen LogP contribution in [0.4, 0.5) is 5.69 Å². The number of benzene rings is 1. The Morgan fingerprint density at radius 2 is 2.00 bits per heavy atom. The molecule has 0 aliphatic carbocycles. The van der Waals surface area contributed by atoms with E-state index < -0.39 is 14.9 Å². The minimum atomic E-state index is -3.82. The van der Waals surface area contributed by atoms with Crippen molar-refractivity contribution in [3.63, 3.8) is 0 Å². The number of aliphatic imine (C=N–C) groups is 1. The summed E-state index contributed by atoms with van der Waals surface area (Å²) in [6.07, 6.45) is 0.827. The summed E-state index contributed by atoms with van der Waals surface area (Å²) in [5.41, 5.74) is -0.275. The summed E-state index contributed by atoms with van der Waals surface area (Å²) in [5, 5.41) is 16.8. The monoisotopic (exact) mass is 387 g/mol. The molecule has 0 saturated heterocycles. The van der Waals surface area contributed by atoms with E-state index in [9.17, 15) is 18.5 Å². The van der Waals surface area contributed by atoms with Crippen molar-refractivity contribution in [2.45, 2.75) is 18.2 Å². The number of nitrogens with one attached hydrogen (secondary N) is 3. The Morgan fingerprint density at radius 1 is 1.27 bits per heavy atom. The van der Waals surface area contributed by atoms with Gasteiger partial charge in [0.05, 0.1) is 9.82 Å². The SMILES string of the molecule is CCOCCCNC(=NC)NCCNS(=O)(=O)c1cccc([N+](=O)[O-])c1. The van der Waals surface area contributed by atoms with E-state index in [-0.39, 0.29) is 17.1 Å². The maximum atomic E-state index is 12.2. The Hall–Kier alpha value is -2.24. The second kappa shape index (κ2) is 11.4. The van der Waals surface area contributed by atoms with E-state index in [1.54, 1.807) is 7.05 Å². The Bertz CT molecular complexity index is 708. The summed E-state index contributed by atoms with van der Waals surface area (Å²) in [7, 11) is -2.20. The average molecular weight is 387 g/mol. The third-order valence-electron chi connectivity index (χ3n) is 3.23. The quantitative estimate of drug-likeness (QED) is 0.165. The molecule has 1 aromatic rings. The lowest BCUT2D eigenvalue weighted by Crippen LogP contribution is -2.41. The van der Waals surface area contributed by atoms with Crippen molar-refractivity contribution < 1.29 is 18.1 Å². The van der Waals surface area contributed by atoms with E-state index in [0.717, 1.165) is 12.5 Å². The van der Waals surface area contributed by atoms with Crippen LogP contribution in [0.5, 0.6) is 0 Å². The standard InChI is InChI=1S/C15H25N5O5S/c1-3-25-11-5-8-17-15(16-2)18-9-10-19-26(23,24)14-7-4-6-13(12-14)20(21)22/h4,6-7,12,19H,3,5,8-11H2,1-2H3,(H2,16,17,18). The molecule has 0 aromatic heterocycles. The van der Waals surface area contributed by atoms with Crippen LogP contribution in [0.25, 0.3) is 0 Å². The Balaban J connectivity index is 2.41. The van der Waals surface area contributed by atoms with Crippen LogP contribution in [-0.2, 0) is 14.8 Å². The minimum absolute atomic E-state index is 0.102. The second-order valence-corrected chi connectivity index (χ2v) is 6.90. The molecule has 0 radical (unpaired) electrons. The fraction of sp³-hybridized carbons (Fsp3) is 0.533. The Kier molecular flexibility index (Phi) is 9.55.